The Morgan fingerprint density at radius 1 is 1.23 bits per heavy atom. The van der Waals surface area contributed by atoms with Crippen LogP contribution < -0.4 is 9.46 Å². The van der Waals surface area contributed by atoms with Gasteiger partial charge in [-0.25, -0.2) is 17.8 Å². The molecule has 0 amide bonds. The first-order valence-electron chi connectivity index (χ1n) is 9.20. The minimum absolute atomic E-state index is 0.112. The molecule has 3 rings (SSSR count). The van der Waals surface area contributed by atoms with Gasteiger partial charge in [-0.2, -0.15) is 0 Å². The van der Waals surface area contributed by atoms with Crippen LogP contribution in [-0.2, 0) is 33.1 Å². The predicted octanol–water partition coefficient (Wildman–Crippen LogP) is 1.64. The van der Waals surface area contributed by atoms with Gasteiger partial charge in [0.25, 0.3) is 6.47 Å². The van der Waals surface area contributed by atoms with Crippen LogP contribution in [0.1, 0.15) is 28.2 Å². The molecule has 0 aliphatic heterocycles. The highest BCUT2D eigenvalue weighted by atomic mass is 32.2. The van der Waals surface area contributed by atoms with E-state index >= 15 is 0 Å². The van der Waals surface area contributed by atoms with Crippen molar-refractivity contribution in [2.45, 2.75) is 19.4 Å². The molecule has 10 heteroatoms. The Labute approximate surface area is 175 Å². The number of hydrogen-bond donors (Lipinski definition) is 1. The van der Waals surface area contributed by atoms with Gasteiger partial charge in [0.2, 0.25) is 10.0 Å². The topological polar surface area (TPSA) is 112 Å². The number of benzene rings is 2. The largest absolute Gasteiger partial charge is 0.494 e. The van der Waals surface area contributed by atoms with E-state index in [1.165, 1.54) is 0 Å². The summed E-state index contributed by atoms with van der Waals surface area (Å²) in [5.74, 6) is 0.310. The SMILES string of the molecule is COc1cc(C(COC=O)c2ccc(C)c(CNS(C)(=O)=O)c2)cc2nnn(C)c12. The second-order valence-corrected chi connectivity index (χ2v) is 8.90. The van der Waals surface area contributed by atoms with E-state index in [1.54, 1.807) is 18.8 Å². The molecule has 30 heavy (non-hydrogen) atoms. The number of carbonyl (C=O) groups is 1. The zero-order valence-electron chi connectivity index (χ0n) is 17.2. The van der Waals surface area contributed by atoms with Crippen LogP contribution in [-0.4, -0.2) is 49.9 Å². The lowest BCUT2D eigenvalue weighted by atomic mass is 9.89. The number of nitrogens with zero attached hydrogens (tertiary/aromatic N) is 3. The van der Waals surface area contributed by atoms with Crippen LogP contribution in [0.3, 0.4) is 0 Å². The van der Waals surface area contributed by atoms with Crippen LogP contribution in [0.4, 0.5) is 0 Å². The number of methoxy groups -OCH3 is 1. The highest BCUT2D eigenvalue weighted by Crippen LogP contribution is 2.33. The molecule has 1 atom stereocenters. The zero-order chi connectivity index (χ0) is 21.9. The van der Waals surface area contributed by atoms with E-state index in [2.05, 4.69) is 15.0 Å². The van der Waals surface area contributed by atoms with Crippen molar-refractivity contribution >= 4 is 27.5 Å². The summed E-state index contributed by atoms with van der Waals surface area (Å²) in [5.41, 5.74) is 4.92. The third kappa shape index (κ3) is 4.77. The first-order chi connectivity index (χ1) is 14.2. The molecule has 1 unspecified atom stereocenters. The molecular weight excluding hydrogens is 408 g/mol. The van der Waals surface area contributed by atoms with Crippen molar-refractivity contribution in [3.63, 3.8) is 0 Å². The Bertz CT molecular complexity index is 1170. The summed E-state index contributed by atoms with van der Waals surface area (Å²) >= 11 is 0. The van der Waals surface area contributed by atoms with E-state index in [0.29, 0.717) is 17.7 Å². The summed E-state index contributed by atoms with van der Waals surface area (Å²) in [7, 11) is 0.0314. The Balaban J connectivity index is 2.07. The van der Waals surface area contributed by atoms with E-state index in [-0.39, 0.29) is 19.1 Å². The van der Waals surface area contributed by atoms with E-state index in [0.717, 1.165) is 34.0 Å². The first-order valence-corrected chi connectivity index (χ1v) is 11.1. The summed E-state index contributed by atoms with van der Waals surface area (Å²) in [5, 5.41) is 8.22. The molecule has 0 aliphatic rings. The molecule has 0 radical (unpaired) electrons. The van der Waals surface area contributed by atoms with Crippen LogP contribution in [0.5, 0.6) is 5.75 Å². The molecule has 3 aromatic rings. The van der Waals surface area contributed by atoms with E-state index < -0.39 is 10.0 Å². The minimum Gasteiger partial charge on any atom is -0.494 e. The van der Waals surface area contributed by atoms with Crippen molar-refractivity contribution in [3.05, 3.63) is 52.6 Å². The molecule has 1 N–H and O–H groups in total. The molecule has 0 saturated carbocycles. The maximum atomic E-state index is 11.5. The van der Waals surface area contributed by atoms with Gasteiger partial charge in [-0.3, -0.25) is 4.79 Å². The van der Waals surface area contributed by atoms with Crippen LogP contribution in [0, 0.1) is 6.92 Å². The fraction of sp³-hybridized carbons (Fsp3) is 0.350. The van der Waals surface area contributed by atoms with E-state index in [1.807, 2.05) is 37.3 Å². The van der Waals surface area contributed by atoms with Crippen molar-refractivity contribution in [2.24, 2.45) is 7.05 Å². The van der Waals surface area contributed by atoms with Gasteiger partial charge >= 0.3 is 0 Å². The van der Waals surface area contributed by atoms with E-state index in [9.17, 15) is 13.2 Å². The molecule has 0 aliphatic carbocycles. The number of sulfonamides is 1. The van der Waals surface area contributed by atoms with Gasteiger partial charge in [-0.15, -0.1) is 5.10 Å². The predicted molar refractivity (Wildman–Crippen MR) is 112 cm³/mol. The van der Waals surface area contributed by atoms with Gasteiger partial charge in [-0.1, -0.05) is 23.4 Å². The summed E-state index contributed by atoms with van der Waals surface area (Å²) < 4.78 is 37.8. The second-order valence-electron chi connectivity index (χ2n) is 7.07. The van der Waals surface area contributed by atoms with Gasteiger partial charge in [0.05, 0.1) is 13.4 Å². The quantitative estimate of drug-likeness (QED) is 0.512. The molecule has 0 saturated heterocycles. The van der Waals surface area contributed by atoms with Crippen molar-refractivity contribution in [1.29, 1.82) is 0 Å². The molecule has 0 fully saturated rings. The molecule has 160 valence electrons. The molecule has 0 bridgehead atoms. The van der Waals surface area contributed by atoms with Gasteiger partial charge in [0, 0.05) is 19.5 Å². The van der Waals surface area contributed by atoms with Crippen LogP contribution >= 0.6 is 0 Å². The van der Waals surface area contributed by atoms with E-state index in [4.69, 9.17) is 9.47 Å². The Hall–Kier alpha value is -2.98. The van der Waals surface area contributed by atoms with Gasteiger partial charge in [-0.05, 0) is 41.3 Å². The number of nitrogens with one attached hydrogen (secondary N) is 1. The lowest BCUT2D eigenvalue weighted by Crippen LogP contribution is -2.22. The van der Waals surface area contributed by atoms with Crippen LogP contribution in [0.15, 0.2) is 30.3 Å². The minimum atomic E-state index is -3.32. The van der Waals surface area contributed by atoms with Gasteiger partial charge in [0.15, 0.2) is 0 Å². The molecule has 1 aromatic heterocycles. The fourth-order valence-electron chi connectivity index (χ4n) is 3.36. The maximum Gasteiger partial charge on any atom is 0.293 e. The number of ether oxygens (including phenoxy) is 2. The number of aryl methyl sites for hydroxylation is 2. The summed E-state index contributed by atoms with van der Waals surface area (Å²) in [6.45, 7) is 2.60. The Morgan fingerprint density at radius 3 is 2.67 bits per heavy atom. The van der Waals surface area contributed by atoms with Gasteiger partial charge in [0.1, 0.15) is 23.4 Å². The average molecular weight is 433 g/mol. The normalized spacial score (nSPS) is 12.7. The number of aromatic nitrogens is 3. The summed E-state index contributed by atoms with van der Waals surface area (Å²) in [4.78, 5) is 10.9. The van der Waals surface area contributed by atoms with Crippen molar-refractivity contribution in [3.8, 4) is 5.75 Å². The van der Waals surface area contributed by atoms with Crippen LogP contribution in [0.25, 0.3) is 11.0 Å². The number of rotatable bonds is 9. The zero-order valence-corrected chi connectivity index (χ0v) is 18.1. The average Bonchev–Trinajstić information content (AvgIpc) is 3.08. The van der Waals surface area contributed by atoms with Crippen molar-refractivity contribution in [2.75, 3.05) is 20.0 Å². The number of fused-ring (bicyclic) bond motifs is 1. The first kappa shape index (κ1) is 21.7. The maximum absolute atomic E-state index is 11.5. The Morgan fingerprint density at radius 2 is 2.00 bits per heavy atom. The van der Waals surface area contributed by atoms with Gasteiger partial charge < -0.3 is 9.47 Å². The molecule has 2 aromatic carbocycles. The standard InChI is InChI=1S/C20H24N4O5S/c1-13-5-6-14(7-16(13)10-21-30(4,26)27)17(11-29-12-25)15-8-18-20(19(9-15)28-3)24(2)23-22-18/h5-9,12,17,21H,10-11H2,1-4H3. The highest BCUT2D eigenvalue weighted by molar-refractivity contribution is 7.88. The highest BCUT2D eigenvalue weighted by Gasteiger charge is 2.20. The lowest BCUT2D eigenvalue weighted by Gasteiger charge is -2.20. The lowest BCUT2D eigenvalue weighted by molar-refractivity contribution is -0.128. The molecular formula is C20H24N4O5S. The number of carbonyl (C=O) groups excluding carboxylic acids is 1. The second kappa shape index (κ2) is 8.80. The molecule has 1 heterocycles. The Kier molecular flexibility index (Phi) is 6.37. The third-order valence-electron chi connectivity index (χ3n) is 4.94. The monoisotopic (exact) mass is 432 g/mol. The summed E-state index contributed by atoms with van der Waals surface area (Å²) in [6, 6.07) is 9.53. The molecule has 9 nitrogen and oxygen atoms in total. The number of hydrogen-bond acceptors (Lipinski definition) is 7. The smallest absolute Gasteiger partial charge is 0.293 e. The summed E-state index contributed by atoms with van der Waals surface area (Å²) in [6.07, 6.45) is 1.12. The van der Waals surface area contributed by atoms with Crippen molar-refractivity contribution < 1.29 is 22.7 Å². The van der Waals surface area contributed by atoms with Crippen molar-refractivity contribution in [1.82, 2.24) is 19.7 Å². The third-order valence-corrected chi connectivity index (χ3v) is 5.61. The van der Waals surface area contributed by atoms with Crippen LogP contribution in [0.2, 0.25) is 0 Å². The molecule has 0 spiro atoms. The fourth-order valence-corrected chi connectivity index (χ4v) is 3.78.